The van der Waals surface area contributed by atoms with Gasteiger partial charge in [-0.1, -0.05) is 23.6 Å². The molecule has 0 saturated carbocycles. The number of aryl methyl sites for hydroxylation is 1. The minimum absolute atomic E-state index is 0.0211. The standard InChI is InChI=1S/C19H22F3N5O2S2/c1-9-14(10-4-6-24-12(8-10)18(2,3)19(20,21)22)31-16(25-9)26-17(29)27-7-5-11(28)13(27)15(23)30/h4,6,8,11,13,28H,5,7H2,1-3H3,(H2,23,30)(H,25,26,29)/t11-,13-/m0/s1. The van der Waals surface area contributed by atoms with Crippen molar-refractivity contribution >= 4 is 39.7 Å². The molecule has 2 atom stereocenters. The second-order valence-electron chi connectivity index (χ2n) is 7.81. The van der Waals surface area contributed by atoms with Crippen molar-refractivity contribution in [3.8, 4) is 10.4 Å². The summed E-state index contributed by atoms with van der Waals surface area (Å²) in [5.41, 5.74) is 4.49. The normalized spacial score (nSPS) is 19.5. The number of nitrogens with zero attached hydrogens (tertiary/aromatic N) is 3. The molecule has 2 aromatic rings. The molecule has 0 unspecified atom stereocenters. The molecule has 7 nitrogen and oxygen atoms in total. The van der Waals surface area contributed by atoms with E-state index in [1.165, 1.54) is 17.2 Å². The highest BCUT2D eigenvalue weighted by molar-refractivity contribution is 7.80. The third-order valence-electron chi connectivity index (χ3n) is 5.30. The number of likely N-dealkylation sites (tertiary alicyclic amines) is 1. The number of carbonyl (C=O) groups is 1. The zero-order chi connectivity index (χ0) is 23.1. The molecule has 0 spiro atoms. The van der Waals surface area contributed by atoms with Crippen molar-refractivity contribution in [2.45, 2.75) is 50.9 Å². The van der Waals surface area contributed by atoms with Crippen molar-refractivity contribution in [3.05, 3.63) is 29.7 Å². The van der Waals surface area contributed by atoms with Crippen molar-refractivity contribution in [2.75, 3.05) is 11.9 Å². The Labute approximate surface area is 186 Å². The average molecular weight is 474 g/mol. The number of aromatic nitrogens is 2. The topological polar surface area (TPSA) is 104 Å². The summed E-state index contributed by atoms with van der Waals surface area (Å²) >= 11 is 6.08. The number of hydrogen-bond donors (Lipinski definition) is 3. The summed E-state index contributed by atoms with van der Waals surface area (Å²) in [5.74, 6) is 0. The van der Waals surface area contributed by atoms with Crippen LogP contribution in [-0.4, -0.2) is 55.9 Å². The molecule has 1 aliphatic heterocycles. The molecule has 0 aliphatic carbocycles. The fraction of sp³-hybridized carbons (Fsp3) is 0.474. The van der Waals surface area contributed by atoms with E-state index < -0.39 is 29.8 Å². The minimum atomic E-state index is -4.46. The monoisotopic (exact) mass is 473 g/mol. The van der Waals surface area contributed by atoms with Crippen LogP contribution < -0.4 is 11.1 Å². The van der Waals surface area contributed by atoms with E-state index in [0.717, 1.165) is 25.2 Å². The number of aliphatic hydroxyl groups excluding tert-OH is 1. The summed E-state index contributed by atoms with van der Waals surface area (Å²) in [5, 5.41) is 12.9. The lowest BCUT2D eigenvalue weighted by Crippen LogP contribution is -2.48. The van der Waals surface area contributed by atoms with Gasteiger partial charge in [-0.05, 0) is 44.9 Å². The first-order valence-electron chi connectivity index (χ1n) is 9.39. The van der Waals surface area contributed by atoms with Gasteiger partial charge in [0.05, 0.1) is 27.4 Å². The third-order valence-corrected chi connectivity index (χ3v) is 6.66. The predicted molar refractivity (Wildman–Crippen MR) is 116 cm³/mol. The Bertz CT molecular complexity index is 1010. The molecule has 31 heavy (non-hydrogen) atoms. The molecule has 2 amide bonds. The van der Waals surface area contributed by atoms with Crippen LogP contribution in [0.3, 0.4) is 0 Å². The van der Waals surface area contributed by atoms with E-state index in [1.54, 1.807) is 13.0 Å². The van der Waals surface area contributed by atoms with Gasteiger partial charge in [0.2, 0.25) is 0 Å². The molecule has 3 rings (SSSR count). The number of urea groups is 1. The molecule has 12 heteroatoms. The van der Waals surface area contributed by atoms with Crippen LogP contribution in [0.5, 0.6) is 0 Å². The highest BCUT2D eigenvalue weighted by atomic mass is 32.1. The van der Waals surface area contributed by atoms with E-state index >= 15 is 0 Å². The number of alkyl halides is 3. The summed E-state index contributed by atoms with van der Waals surface area (Å²) < 4.78 is 40.2. The van der Waals surface area contributed by atoms with E-state index in [1.807, 2.05) is 0 Å². The number of hydrogen-bond acceptors (Lipinski definition) is 6. The Balaban J connectivity index is 1.85. The van der Waals surface area contributed by atoms with Crippen molar-refractivity contribution in [1.29, 1.82) is 0 Å². The van der Waals surface area contributed by atoms with E-state index in [9.17, 15) is 23.1 Å². The molecule has 0 bridgehead atoms. The summed E-state index contributed by atoms with van der Waals surface area (Å²) in [6, 6.07) is 1.72. The van der Waals surface area contributed by atoms with E-state index in [0.29, 0.717) is 22.6 Å². The average Bonchev–Trinajstić information content (AvgIpc) is 3.23. The van der Waals surface area contributed by atoms with Gasteiger partial charge < -0.3 is 15.7 Å². The predicted octanol–water partition coefficient (Wildman–Crippen LogP) is 3.61. The van der Waals surface area contributed by atoms with Crippen LogP contribution in [0.1, 0.15) is 31.7 Å². The Morgan fingerprint density at radius 2 is 2.10 bits per heavy atom. The molecule has 1 fully saturated rings. The lowest BCUT2D eigenvalue weighted by molar-refractivity contribution is -0.181. The number of carbonyl (C=O) groups excluding carboxylic acids is 1. The molecular weight excluding hydrogens is 451 g/mol. The number of pyridine rings is 1. The van der Waals surface area contributed by atoms with E-state index in [4.69, 9.17) is 18.0 Å². The molecule has 0 radical (unpaired) electrons. The zero-order valence-electron chi connectivity index (χ0n) is 17.0. The van der Waals surface area contributed by atoms with E-state index in [-0.39, 0.29) is 22.4 Å². The molecule has 0 aromatic carbocycles. The fourth-order valence-electron chi connectivity index (χ4n) is 3.29. The molecule has 168 valence electrons. The third kappa shape index (κ3) is 4.51. The molecular formula is C19H22F3N5O2S2. The molecule has 3 heterocycles. The molecule has 4 N–H and O–H groups in total. The van der Waals surface area contributed by atoms with Gasteiger partial charge in [0.15, 0.2) is 5.13 Å². The second-order valence-corrected chi connectivity index (χ2v) is 9.28. The second kappa shape index (κ2) is 8.32. The number of amides is 2. The number of thiocarbonyl (C=S) groups is 1. The fourth-order valence-corrected chi connectivity index (χ4v) is 4.52. The molecule has 1 aliphatic rings. The number of rotatable bonds is 4. The van der Waals surface area contributed by atoms with Crippen LogP contribution >= 0.6 is 23.6 Å². The summed E-state index contributed by atoms with van der Waals surface area (Å²) in [4.78, 5) is 22.9. The van der Waals surface area contributed by atoms with Gasteiger partial charge in [0.25, 0.3) is 0 Å². The minimum Gasteiger partial charge on any atom is -0.392 e. The number of nitrogens with two attached hydrogens (primary N) is 1. The van der Waals surface area contributed by atoms with Crippen molar-refractivity contribution in [2.24, 2.45) is 5.73 Å². The van der Waals surface area contributed by atoms with Crippen LogP contribution in [0, 0.1) is 6.92 Å². The Hall–Kier alpha value is -2.31. The Kier molecular flexibility index (Phi) is 6.27. The highest BCUT2D eigenvalue weighted by Crippen LogP contribution is 2.41. The maximum absolute atomic E-state index is 13.4. The van der Waals surface area contributed by atoms with Gasteiger partial charge in [-0.2, -0.15) is 13.2 Å². The number of aliphatic hydroxyl groups is 1. The van der Waals surface area contributed by atoms with Gasteiger partial charge in [-0.15, -0.1) is 0 Å². The van der Waals surface area contributed by atoms with Crippen LogP contribution in [0.15, 0.2) is 18.3 Å². The van der Waals surface area contributed by atoms with E-state index in [2.05, 4.69) is 15.3 Å². The summed E-state index contributed by atoms with van der Waals surface area (Å²) in [7, 11) is 0. The van der Waals surface area contributed by atoms with Crippen LogP contribution in [0.25, 0.3) is 10.4 Å². The number of anilines is 1. The Morgan fingerprint density at radius 3 is 2.71 bits per heavy atom. The molecule has 2 aromatic heterocycles. The number of thiazole rings is 1. The zero-order valence-corrected chi connectivity index (χ0v) is 18.7. The van der Waals surface area contributed by atoms with Crippen LogP contribution in [0.4, 0.5) is 23.1 Å². The van der Waals surface area contributed by atoms with Crippen molar-refractivity contribution < 1.29 is 23.1 Å². The van der Waals surface area contributed by atoms with Gasteiger partial charge >= 0.3 is 12.2 Å². The first kappa shape index (κ1) is 23.4. The number of halogens is 3. The highest BCUT2D eigenvalue weighted by Gasteiger charge is 2.49. The summed E-state index contributed by atoms with van der Waals surface area (Å²) in [6.45, 7) is 4.14. The SMILES string of the molecule is Cc1nc(NC(=O)N2CC[C@H](O)[C@H]2C(N)=S)sc1-c1ccnc(C(C)(C)C(F)(F)F)c1. The first-order chi connectivity index (χ1) is 14.3. The largest absolute Gasteiger partial charge is 0.399 e. The van der Waals surface area contributed by atoms with Crippen LogP contribution in [-0.2, 0) is 5.41 Å². The Morgan fingerprint density at radius 1 is 1.42 bits per heavy atom. The maximum Gasteiger partial charge on any atom is 0.399 e. The van der Waals surface area contributed by atoms with Gasteiger partial charge in [0, 0.05) is 12.7 Å². The van der Waals surface area contributed by atoms with Gasteiger partial charge in [-0.25, -0.2) is 9.78 Å². The maximum atomic E-state index is 13.4. The van der Waals surface area contributed by atoms with Gasteiger partial charge in [0.1, 0.15) is 11.5 Å². The van der Waals surface area contributed by atoms with Gasteiger partial charge in [-0.3, -0.25) is 10.3 Å². The van der Waals surface area contributed by atoms with Crippen LogP contribution in [0.2, 0.25) is 0 Å². The lowest BCUT2D eigenvalue weighted by atomic mass is 9.87. The molecule has 1 saturated heterocycles. The van der Waals surface area contributed by atoms with Crippen molar-refractivity contribution in [3.63, 3.8) is 0 Å². The quantitative estimate of drug-likeness (QED) is 0.586. The van der Waals surface area contributed by atoms with Crippen molar-refractivity contribution in [1.82, 2.24) is 14.9 Å². The smallest absolute Gasteiger partial charge is 0.392 e. The first-order valence-corrected chi connectivity index (χ1v) is 10.6. The summed E-state index contributed by atoms with van der Waals surface area (Å²) in [6.07, 6.45) is -3.61. The number of nitrogens with one attached hydrogen (secondary N) is 1. The lowest BCUT2D eigenvalue weighted by Gasteiger charge is -2.27.